The second-order valence-electron chi connectivity index (χ2n) is 4.09. The van der Waals surface area contributed by atoms with Crippen molar-refractivity contribution in [3.05, 3.63) is 41.6 Å². The van der Waals surface area contributed by atoms with Crippen LogP contribution in [0.4, 0.5) is 0 Å². The lowest BCUT2D eigenvalue weighted by Gasteiger charge is -2.07. The predicted octanol–water partition coefficient (Wildman–Crippen LogP) is 2.50. The zero-order valence-electron chi connectivity index (χ0n) is 10.4. The van der Waals surface area contributed by atoms with E-state index in [-0.39, 0.29) is 6.61 Å². The molecule has 1 aromatic carbocycles. The average molecular weight is 231 g/mol. The Morgan fingerprint density at radius 3 is 2.65 bits per heavy atom. The number of hydrogen-bond acceptors (Lipinski definition) is 2. The first-order valence-electron chi connectivity index (χ1n) is 5.58. The molecule has 0 aliphatic rings. The SMILES string of the molecule is COc1cccc(-c2cc(CO)c(C)n2C)c1. The van der Waals surface area contributed by atoms with Crippen molar-refractivity contribution in [1.29, 1.82) is 0 Å². The van der Waals surface area contributed by atoms with Gasteiger partial charge in [0, 0.05) is 24.0 Å². The lowest BCUT2D eigenvalue weighted by Crippen LogP contribution is -1.95. The molecule has 0 aliphatic carbocycles. The van der Waals surface area contributed by atoms with Crippen LogP contribution >= 0.6 is 0 Å². The maximum absolute atomic E-state index is 9.27. The molecule has 0 bridgehead atoms. The fraction of sp³-hybridized carbons (Fsp3) is 0.286. The number of aliphatic hydroxyl groups excluding tert-OH is 1. The predicted molar refractivity (Wildman–Crippen MR) is 68.1 cm³/mol. The summed E-state index contributed by atoms with van der Waals surface area (Å²) in [5, 5.41) is 9.27. The Hall–Kier alpha value is -1.74. The lowest BCUT2D eigenvalue weighted by molar-refractivity contribution is 0.281. The molecule has 17 heavy (non-hydrogen) atoms. The van der Waals surface area contributed by atoms with Crippen LogP contribution in [-0.4, -0.2) is 16.8 Å². The fourth-order valence-electron chi connectivity index (χ4n) is 1.98. The van der Waals surface area contributed by atoms with E-state index in [0.717, 1.165) is 28.3 Å². The van der Waals surface area contributed by atoms with E-state index in [1.165, 1.54) is 0 Å². The van der Waals surface area contributed by atoms with E-state index in [2.05, 4.69) is 4.57 Å². The van der Waals surface area contributed by atoms with Crippen LogP contribution in [0, 0.1) is 6.92 Å². The second-order valence-corrected chi connectivity index (χ2v) is 4.09. The summed E-state index contributed by atoms with van der Waals surface area (Å²) in [6.07, 6.45) is 0. The minimum Gasteiger partial charge on any atom is -0.497 e. The highest BCUT2D eigenvalue weighted by molar-refractivity contribution is 5.64. The molecule has 0 amide bonds. The molecule has 2 rings (SSSR count). The summed E-state index contributed by atoms with van der Waals surface area (Å²) in [5.41, 5.74) is 4.23. The molecule has 1 N–H and O–H groups in total. The number of rotatable bonds is 3. The van der Waals surface area contributed by atoms with Crippen molar-refractivity contribution in [3.8, 4) is 17.0 Å². The molecule has 0 fully saturated rings. The zero-order chi connectivity index (χ0) is 12.4. The third-order valence-corrected chi connectivity index (χ3v) is 3.18. The Morgan fingerprint density at radius 2 is 2.06 bits per heavy atom. The summed E-state index contributed by atoms with van der Waals surface area (Å²) in [6.45, 7) is 2.08. The maximum Gasteiger partial charge on any atom is 0.119 e. The zero-order valence-corrected chi connectivity index (χ0v) is 10.4. The van der Waals surface area contributed by atoms with Crippen LogP contribution in [-0.2, 0) is 13.7 Å². The van der Waals surface area contributed by atoms with Gasteiger partial charge in [0.25, 0.3) is 0 Å². The molecule has 3 heteroatoms. The van der Waals surface area contributed by atoms with Gasteiger partial charge >= 0.3 is 0 Å². The fourth-order valence-corrected chi connectivity index (χ4v) is 1.98. The van der Waals surface area contributed by atoms with E-state index in [4.69, 9.17) is 4.74 Å². The van der Waals surface area contributed by atoms with Gasteiger partial charge in [0.15, 0.2) is 0 Å². The van der Waals surface area contributed by atoms with Crippen LogP contribution in [0.1, 0.15) is 11.3 Å². The number of nitrogens with zero attached hydrogens (tertiary/aromatic N) is 1. The third-order valence-electron chi connectivity index (χ3n) is 3.18. The summed E-state index contributed by atoms with van der Waals surface area (Å²) in [4.78, 5) is 0. The van der Waals surface area contributed by atoms with Gasteiger partial charge in [-0.25, -0.2) is 0 Å². The summed E-state index contributed by atoms with van der Waals surface area (Å²) >= 11 is 0. The normalized spacial score (nSPS) is 10.6. The molecule has 90 valence electrons. The van der Waals surface area contributed by atoms with Crippen molar-refractivity contribution in [3.63, 3.8) is 0 Å². The van der Waals surface area contributed by atoms with Gasteiger partial charge in [0.2, 0.25) is 0 Å². The molecule has 0 unspecified atom stereocenters. The smallest absolute Gasteiger partial charge is 0.119 e. The van der Waals surface area contributed by atoms with Crippen LogP contribution in [0.5, 0.6) is 5.75 Å². The van der Waals surface area contributed by atoms with Gasteiger partial charge in [-0.05, 0) is 30.7 Å². The Kier molecular flexibility index (Phi) is 3.20. The van der Waals surface area contributed by atoms with Gasteiger partial charge < -0.3 is 14.4 Å². The minimum atomic E-state index is 0.0731. The van der Waals surface area contributed by atoms with Gasteiger partial charge in [-0.15, -0.1) is 0 Å². The number of hydrogen-bond donors (Lipinski definition) is 1. The molecular formula is C14H17NO2. The van der Waals surface area contributed by atoms with Gasteiger partial charge in [-0.1, -0.05) is 12.1 Å². The van der Waals surface area contributed by atoms with Crippen LogP contribution in [0.3, 0.4) is 0 Å². The molecule has 1 aromatic heterocycles. The Labute approximate surface area is 101 Å². The van der Waals surface area contributed by atoms with E-state index in [1.807, 2.05) is 44.3 Å². The first kappa shape index (κ1) is 11.7. The van der Waals surface area contributed by atoms with Crippen LogP contribution in [0.25, 0.3) is 11.3 Å². The number of methoxy groups -OCH3 is 1. The first-order chi connectivity index (χ1) is 8.17. The largest absolute Gasteiger partial charge is 0.497 e. The lowest BCUT2D eigenvalue weighted by atomic mass is 10.1. The van der Waals surface area contributed by atoms with Gasteiger partial charge in [-0.2, -0.15) is 0 Å². The molecule has 0 radical (unpaired) electrons. The van der Waals surface area contributed by atoms with Crippen LogP contribution in [0.2, 0.25) is 0 Å². The number of aromatic nitrogens is 1. The van der Waals surface area contributed by atoms with Gasteiger partial charge in [0.05, 0.1) is 13.7 Å². The highest BCUT2D eigenvalue weighted by Crippen LogP contribution is 2.27. The van der Waals surface area contributed by atoms with E-state index < -0.39 is 0 Å². The first-order valence-corrected chi connectivity index (χ1v) is 5.58. The monoisotopic (exact) mass is 231 g/mol. The quantitative estimate of drug-likeness (QED) is 0.880. The number of ether oxygens (including phenoxy) is 1. The summed E-state index contributed by atoms with van der Waals surface area (Å²) in [7, 11) is 3.66. The van der Waals surface area contributed by atoms with Crippen LogP contribution < -0.4 is 4.74 Å². The number of aliphatic hydroxyl groups is 1. The van der Waals surface area contributed by atoms with Crippen molar-refractivity contribution >= 4 is 0 Å². The third kappa shape index (κ3) is 2.06. The van der Waals surface area contributed by atoms with E-state index in [9.17, 15) is 5.11 Å². The molecular weight excluding hydrogens is 214 g/mol. The maximum atomic E-state index is 9.27. The van der Waals surface area contributed by atoms with E-state index in [1.54, 1.807) is 7.11 Å². The van der Waals surface area contributed by atoms with E-state index >= 15 is 0 Å². The molecule has 2 aromatic rings. The molecule has 0 atom stereocenters. The summed E-state index contributed by atoms with van der Waals surface area (Å²) in [5.74, 6) is 0.840. The van der Waals surface area contributed by atoms with Crippen molar-refractivity contribution in [1.82, 2.24) is 4.57 Å². The average Bonchev–Trinajstić information content (AvgIpc) is 2.66. The molecule has 0 aliphatic heterocycles. The Morgan fingerprint density at radius 1 is 1.29 bits per heavy atom. The van der Waals surface area contributed by atoms with Crippen molar-refractivity contribution < 1.29 is 9.84 Å². The van der Waals surface area contributed by atoms with E-state index in [0.29, 0.717) is 0 Å². The Bertz CT molecular complexity index is 529. The van der Waals surface area contributed by atoms with Gasteiger partial charge in [-0.3, -0.25) is 0 Å². The highest BCUT2D eigenvalue weighted by atomic mass is 16.5. The summed E-state index contributed by atoms with van der Waals surface area (Å²) < 4.78 is 7.30. The van der Waals surface area contributed by atoms with Crippen molar-refractivity contribution in [2.45, 2.75) is 13.5 Å². The number of benzene rings is 1. The molecule has 3 nitrogen and oxygen atoms in total. The van der Waals surface area contributed by atoms with Crippen LogP contribution in [0.15, 0.2) is 30.3 Å². The minimum absolute atomic E-state index is 0.0731. The second kappa shape index (κ2) is 4.63. The summed E-state index contributed by atoms with van der Waals surface area (Å²) in [6, 6.07) is 9.94. The van der Waals surface area contributed by atoms with Gasteiger partial charge in [0.1, 0.15) is 5.75 Å². The molecule has 1 heterocycles. The van der Waals surface area contributed by atoms with Crippen molar-refractivity contribution in [2.75, 3.05) is 7.11 Å². The molecule has 0 saturated carbocycles. The highest BCUT2D eigenvalue weighted by Gasteiger charge is 2.10. The standard InChI is InChI=1S/C14H17NO2/c1-10-12(9-16)8-14(15(10)2)11-5-4-6-13(7-11)17-3/h4-8,16H,9H2,1-3H3. The Balaban J connectivity index is 2.52. The van der Waals surface area contributed by atoms with Crippen molar-refractivity contribution in [2.24, 2.45) is 7.05 Å². The molecule has 0 spiro atoms. The topological polar surface area (TPSA) is 34.4 Å². The molecule has 0 saturated heterocycles.